The van der Waals surface area contributed by atoms with Crippen LogP contribution in [0.25, 0.3) is 11.0 Å². The lowest BCUT2D eigenvalue weighted by Gasteiger charge is -1.96. The van der Waals surface area contributed by atoms with Crippen LogP contribution in [-0.4, -0.2) is 19.1 Å². The first-order valence-electron chi connectivity index (χ1n) is 3.22. The Hall–Kier alpha value is -0.980. The van der Waals surface area contributed by atoms with Crippen molar-refractivity contribution >= 4 is 33.7 Å². The van der Waals surface area contributed by atoms with E-state index in [0.717, 1.165) is 0 Å². The topological polar surface area (TPSA) is 76.2 Å². The van der Waals surface area contributed by atoms with Crippen LogP contribution in [0.4, 0.5) is 0 Å². The van der Waals surface area contributed by atoms with Gasteiger partial charge in [-0.25, -0.2) is 8.84 Å². The van der Waals surface area contributed by atoms with Crippen molar-refractivity contribution in [2.45, 2.75) is 4.90 Å². The zero-order valence-electron chi connectivity index (χ0n) is 6.10. The molecule has 1 aromatic carbocycles. The number of benzene rings is 1. The molecule has 2 aromatic rings. The van der Waals surface area contributed by atoms with Crippen LogP contribution in [0.1, 0.15) is 0 Å². The van der Waals surface area contributed by atoms with Gasteiger partial charge in [-0.05, 0) is 22.4 Å². The van der Waals surface area contributed by atoms with Gasteiger partial charge in [0.25, 0.3) is 0 Å². The standard InChI is InChI=1S/C6H3ClN2O3S/c7-3-1-2-4-5(9-12-8-4)6(3)13(10)11/h1-2H,(H,10,11). The van der Waals surface area contributed by atoms with Gasteiger partial charge in [-0.3, -0.25) is 0 Å². The van der Waals surface area contributed by atoms with Gasteiger partial charge in [0.2, 0.25) is 0 Å². The second-order valence-electron chi connectivity index (χ2n) is 2.26. The molecule has 1 heterocycles. The average Bonchev–Trinajstić information content (AvgIpc) is 2.50. The van der Waals surface area contributed by atoms with Crippen LogP contribution in [-0.2, 0) is 11.1 Å². The number of rotatable bonds is 1. The average molecular weight is 219 g/mol. The second-order valence-corrected chi connectivity index (χ2v) is 3.57. The van der Waals surface area contributed by atoms with Gasteiger partial charge in [0.1, 0.15) is 10.4 Å². The van der Waals surface area contributed by atoms with Gasteiger partial charge in [0.15, 0.2) is 16.6 Å². The van der Waals surface area contributed by atoms with E-state index in [1.54, 1.807) is 6.07 Å². The summed E-state index contributed by atoms with van der Waals surface area (Å²) >= 11 is 3.50. The lowest BCUT2D eigenvalue weighted by molar-refractivity contribution is 0.315. The number of fused-ring (bicyclic) bond motifs is 1. The highest BCUT2D eigenvalue weighted by atomic mass is 35.5. The van der Waals surface area contributed by atoms with E-state index in [-0.39, 0.29) is 15.4 Å². The second kappa shape index (κ2) is 3.06. The first kappa shape index (κ1) is 8.61. The zero-order chi connectivity index (χ0) is 9.42. The Labute approximate surface area is 79.9 Å². The number of halogens is 1. The molecule has 2 rings (SSSR count). The summed E-state index contributed by atoms with van der Waals surface area (Å²) in [6.07, 6.45) is 0. The molecule has 68 valence electrons. The Morgan fingerprint density at radius 3 is 2.92 bits per heavy atom. The van der Waals surface area contributed by atoms with Crippen LogP contribution in [0.15, 0.2) is 21.7 Å². The summed E-state index contributed by atoms with van der Waals surface area (Å²) < 4.78 is 24.2. The summed E-state index contributed by atoms with van der Waals surface area (Å²) in [6, 6.07) is 3.03. The van der Waals surface area contributed by atoms with Gasteiger partial charge in [-0.15, -0.1) is 0 Å². The minimum Gasteiger partial charge on any atom is -0.302 e. The minimum absolute atomic E-state index is 0.0282. The normalized spacial score (nSPS) is 13.4. The monoisotopic (exact) mass is 218 g/mol. The number of aromatic nitrogens is 2. The summed E-state index contributed by atoms with van der Waals surface area (Å²) in [5, 5.41) is 7.16. The maximum atomic E-state index is 10.9. The fraction of sp³-hybridized carbons (Fsp3) is 0. The lowest BCUT2D eigenvalue weighted by atomic mass is 10.3. The molecule has 13 heavy (non-hydrogen) atoms. The molecule has 0 spiro atoms. The molecule has 0 aliphatic heterocycles. The first-order chi connectivity index (χ1) is 6.20. The lowest BCUT2D eigenvalue weighted by Crippen LogP contribution is -1.91. The molecule has 7 heteroatoms. The SMILES string of the molecule is O=S(O)c1c(Cl)ccc2nonc12. The molecular weight excluding hydrogens is 216 g/mol. The Morgan fingerprint density at radius 2 is 2.23 bits per heavy atom. The summed E-state index contributed by atoms with van der Waals surface area (Å²) in [7, 11) is 0. The molecule has 1 unspecified atom stereocenters. The number of hydrogen-bond donors (Lipinski definition) is 1. The van der Waals surface area contributed by atoms with Gasteiger partial charge in [-0.2, -0.15) is 0 Å². The van der Waals surface area contributed by atoms with Crippen molar-refractivity contribution in [2.24, 2.45) is 0 Å². The van der Waals surface area contributed by atoms with E-state index in [2.05, 4.69) is 14.9 Å². The largest absolute Gasteiger partial charge is 0.302 e. The molecule has 0 saturated heterocycles. The van der Waals surface area contributed by atoms with Crippen LogP contribution in [0.2, 0.25) is 5.02 Å². The highest BCUT2D eigenvalue weighted by Gasteiger charge is 2.15. The van der Waals surface area contributed by atoms with E-state index in [0.29, 0.717) is 5.52 Å². The molecule has 1 aromatic heterocycles. The van der Waals surface area contributed by atoms with E-state index in [1.807, 2.05) is 0 Å². The van der Waals surface area contributed by atoms with Crippen molar-refractivity contribution in [3.63, 3.8) is 0 Å². The summed E-state index contributed by atoms with van der Waals surface area (Å²) in [5.74, 6) is 0. The van der Waals surface area contributed by atoms with Gasteiger partial charge >= 0.3 is 0 Å². The van der Waals surface area contributed by atoms with Crippen molar-refractivity contribution in [1.82, 2.24) is 10.3 Å². The van der Waals surface area contributed by atoms with E-state index in [1.165, 1.54) is 6.07 Å². The highest BCUT2D eigenvalue weighted by Crippen LogP contribution is 2.25. The van der Waals surface area contributed by atoms with Crippen LogP contribution in [0.3, 0.4) is 0 Å². The molecule has 0 aliphatic carbocycles. The third-order valence-electron chi connectivity index (χ3n) is 1.51. The van der Waals surface area contributed by atoms with Crippen LogP contribution < -0.4 is 0 Å². The van der Waals surface area contributed by atoms with Crippen LogP contribution in [0, 0.1) is 0 Å². The zero-order valence-corrected chi connectivity index (χ0v) is 7.67. The number of nitrogens with zero attached hydrogens (tertiary/aromatic N) is 2. The summed E-state index contributed by atoms with van der Waals surface area (Å²) in [4.78, 5) is 0.0282. The van der Waals surface area contributed by atoms with Gasteiger partial charge in [-0.1, -0.05) is 11.6 Å². The number of hydrogen-bond acceptors (Lipinski definition) is 4. The van der Waals surface area contributed by atoms with Crippen molar-refractivity contribution in [3.8, 4) is 0 Å². The Balaban J connectivity index is 2.88. The fourth-order valence-electron chi connectivity index (χ4n) is 0.969. The van der Waals surface area contributed by atoms with Gasteiger partial charge < -0.3 is 4.55 Å². The fourth-order valence-corrected chi connectivity index (χ4v) is 1.86. The molecule has 0 radical (unpaired) electrons. The van der Waals surface area contributed by atoms with Crippen molar-refractivity contribution in [2.75, 3.05) is 0 Å². The van der Waals surface area contributed by atoms with Gasteiger partial charge in [0.05, 0.1) is 5.02 Å². The smallest absolute Gasteiger partial charge is 0.190 e. The predicted molar refractivity (Wildman–Crippen MR) is 45.9 cm³/mol. The minimum atomic E-state index is -2.19. The highest BCUT2D eigenvalue weighted by molar-refractivity contribution is 7.79. The van der Waals surface area contributed by atoms with E-state index in [4.69, 9.17) is 16.2 Å². The van der Waals surface area contributed by atoms with Crippen LogP contribution in [0.5, 0.6) is 0 Å². The molecule has 1 atom stereocenters. The Bertz CT molecular complexity index is 484. The van der Waals surface area contributed by atoms with Crippen molar-refractivity contribution in [3.05, 3.63) is 17.2 Å². The third-order valence-corrected chi connectivity index (χ3v) is 2.70. The maximum absolute atomic E-state index is 10.9. The summed E-state index contributed by atoms with van der Waals surface area (Å²) in [6.45, 7) is 0. The molecule has 0 amide bonds. The predicted octanol–water partition coefficient (Wildman–Crippen LogP) is 1.46. The molecule has 0 aliphatic rings. The quantitative estimate of drug-likeness (QED) is 0.734. The first-order valence-corrected chi connectivity index (χ1v) is 4.70. The molecule has 1 N–H and O–H groups in total. The van der Waals surface area contributed by atoms with Gasteiger partial charge in [0, 0.05) is 0 Å². The molecule has 5 nitrogen and oxygen atoms in total. The molecule has 0 bridgehead atoms. The van der Waals surface area contributed by atoms with Crippen LogP contribution >= 0.6 is 11.6 Å². The molecule has 0 fully saturated rings. The van der Waals surface area contributed by atoms with Crippen molar-refractivity contribution in [1.29, 1.82) is 0 Å². The maximum Gasteiger partial charge on any atom is 0.190 e. The van der Waals surface area contributed by atoms with Crippen molar-refractivity contribution < 1.29 is 13.4 Å². The van der Waals surface area contributed by atoms with E-state index < -0.39 is 11.1 Å². The summed E-state index contributed by atoms with van der Waals surface area (Å²) in [5.41, 5.74) is 0.620. The van der Waals surface area contributed by atoms with E-state index >= 15 is 0 Å². The Kier molecular flexibility index (Phi) is 2.03. The van der Waals surface area contributed by atoms with E-state index in [9.17, 15) is 4.21 Å². The molecular formula is C6H3ClN2O3S. The Morgan fingerprint density at radius 1 is 1.46 bits per heavy atom. The molecule has 0 saturated carbocycles. The third kappa shape index (κ3) is 1.32.